The average molecular weight is 435 g/mol. The van der Waals surface area contributed by atoms with Crippen molar-refractivity contribution in [1.29, 1.82) is 0 Å². The number of aromatic nitrogens is 4. The smallest absolute Gasteiger partial charge is 0.327 e. The zero-order valence-electron chi connectivity index (χ0n) is 16.1. The first kappa shape index (κ1) is 20.6. The van der Waals surface area contributed by atoms with Crippen LogP contribution in [0, 0.1) is 0 Å². The largest absolute Gasteiger partial charge is 0.417 e. The molecule has 0 unspecified atom stereocenters. The van der Waals surface area contributed by atoms with Crippen molar-refractivity contribution in [2.45, 2.75) is 38.4 Å². The van der Waals surface area contributed by atoms with Crippen molar-refractivity contribution >= 4 is 22.6 Å². The van der Waals surface area contributed by atoms with Gasteiger partial charge in [-0.1, -0.05) is 0 Å². The summed E-state index contributed by atoms with van der Waals surface area (Å²) in [5.74, 6) is -0.918. The molecule has 0 aliphatic heterocycles. The molecule has 4 rings (SSSR count). The van der Waals surface area contributed by atoms with Gasteiger partial charge in [0.05, 0.1) is 16.5 Å². The van der Waals surface area contributed by atoms with Crippen LogP contribution in [0.5, 0.6) is 0 Å². The van der Waals surface area contributed by atoms with Gasteiger partial charge in [-0.05, 0) is 31.9 Å². The molecular weight excluding hydrogens is 419 g/mol. The molecule has 0 saturated heterocycles. The van der Waals surface area contributed by atoms with E-state index in [0.29, 0.717) is 18.0 Å². The van der Waals surface area contributed by atoms with Crippen molar-refractivity contribution in [3.8, 4) is 0 Å². The Hall–Kier alpha value is -3.70. The number of rotatable bonds is 4. The van der Waals surface area contributed by atoms with Crippen LogP contribution in [0.25, 0.3) is 11.0 Å². The lowest BCUT2D eigenvalue weighted by Gasteiger charge is -2.13. The molecule has 1 aliphatic rings. The van der Waals surface area contributed by atoms with Gasteiger partial charge in [-0.15, -0.1) is 0 Å². The van der Waals surface area contributed by atoms with Crippen LogP contribution >= 0.6 is 0 Å². The number of nitrogens with zero attached hydrogens (tertiary/aromatic N) is 2. The summed E-state index contributed by atoms with van der Waals surface area (Å²) in [6.07, 6.45) is -2.62. The number of aryl methyl sites for hydroxylation is 1. The zero-order chi connectivity index (χ0) is 22.5. The summed E-state index contributed by atoms with van der Waals surface area (Å²) < 4.78 is 40.1. The zero-order valence-corrected chi connectivity index (χ0v) is 16.1. The third kappa shape index (κ3) is 3.76. The van der Waals surface area contributed by atoms with Crippen molar-refractivity contribution in [2.75, 3.05) is 5.32 Å². The number of hydrogen-bond acceptors (Lipinski definition) is 5. The minimum Gasteiger partial charge on any atom is -0.327 e. The molecule has 1 aliphatic carbocycles. The number of carbonyl (C=O) groups is 1. The van der Waals surface area contributed by atoms with Gasteiger partial charge in [0.25, 0.3) is 17.0 Å². The molecule has 9 nitrogen and oxygen atoms in total. The molecule has 162 valence electrons. The number of pyridine rings is 2. The predicted molar refractivity (Wildman–Crippen MR) is 104 cm³/mol. The fraction of sp³-hybridized carbons (Fsp3) is 0.316. The molecule has 1 amide bonds. The Morgan fingerprint density at radius 2 is 1.94 bits per heavy atom. The van der Waals surface area contributed by atoms with E-state index in [1.807, 2.05) is 4.98 Å². The fourth-order valence-electron chi connectivity index (χ4n) is 3.28. The number of nitrogens with one attached hydrogen (secondary N) is 3. The lowest BCUT2D eigenvalue weighted by atomic mass is 10.1. The molecule has 0 bridgehead atoms. The standard InChI is InChI=1S/C19H16F3N5O4/c1-2-27-14-13(17(30)26-18(27)31)10(6-11(24-14)8-3-4-8)15(28)25-12-5-9(19(20,21)22)7-23-16(12)29/h5-8H,2-4H2,1H3,(H,23,29)(H,25,28)(H,26,30,31). The van der Waals surface area contributed by atoms with E-state index in [1.54, 1.807) is 6.92 Å². The van der Waals surface area contributed by atoms with E-state index in [4.69, 9.17) is 0 Å². The lowest BCUT2D eigenvalue weighted by molar-refractivity contribution is -0.137. The summed E-state index contributed by atoms with van der Waals surface area (Å²) in [4.78, 5) is 58.0. The highest BCUT2D eigenvalue weighted by Gasteiger charge is 2.32. The number of hydrogen-bond donors (Lipinski definition) is 3. The van der Waals surface area contributed by atoms with Gasteiger partial charge in [0, 0.05) is 24.4 Å². The van der Waals surface area contributed by atoms with Crippen LogP contribution < -0.4 is 22.1 Å². The van der Waals surface area contributed by atoms with E-state index < -0.39 is 40.1 Å². The molecule has 1 fully saturated rings. The summed E-state index contributed by atoms with van der Waals surface area (Å²) >= 11 is 0. The third-order valence-electron chi connectivity index (χ3n) is 5.00. The van der Waals surface area contributed by atoms with Crippen LogP contribution in [0.3, 0.4) is 0 Å². The lowest BCUT2D eigenvalue weighted by Crippen LogP contribution is -2.32. The van der Waals surface area contributed by atoms with Crippen LogP contribution in [-0.2, 0) is 12.7 Å². The topological polar surface area (TPSA) is 130 Å². The maximum Gasteiger partial charge on any atom is 0.417 e. The number of fused-ring (bicyclic) bond motifs is 1. The molecule has 31 heavy (non-hydrogen) atoms. The van der Waals surface area contributed by atoms with Gasteiger partial charge in [-0.3, -0.25) is 23.9 Å². The van der Waals surface area contributed by atoms with E-state index in [0.717, 1.165) is 12.8 Å². The highest BCUT2D eigenvalue weighted by atomic mass is 19.4. The van der Waals surface area contributed by atoms with Gasteiger partial charge in [-0.2, -0.15) is 13.2 Å². The number of anilines is 1. The molecule has 3 aromatic rings. The minimum atomic E-state index is -4.74. The average Bonchev–Trinajstić information content (AvgIpc) is 3.53. The van der Waals surface area contributed by atoms with Crippen LogP contribution in [0.1, 0.15) is 47.3 Å². The number of carbonyl (C=O) groups excluding carboxylic acids is 1. The summed E-state index contributed by atoms with van der Waals surface area (Å²) in [5, 5.41) is 1.96. The highest BCUT2D eigenvalue weighted by molar-refractivity contribution is 6.11. The van der Waals surface area contributed by atoms with E-state index in [9.17, 15) is 32.3 Å². The first-order chi connectivity index (χ1) is 14.6. The van der Waals surface area contributed by atoms with E-state index in [1.165, 1.54) is 10.6 Å². The Kier molecular flexibility index (Phi) is 4.79. The maximum atomic E-state index is 13.0. The van der Waals surface area contributed by atoms with Crippen LogP contribution in [-0.4, -0.2) is 25.4 Å². The Bertz CT molecular complexity index is 1380. The summed E-state index contributed by atoms with van der Waals surface area (Å²) in [6, 6.07) is 1.88. The van der Waals surface area contributed by atoms with Crippen LogP contribution in [0.2, 0.25) is 0 Å². The van der Waals surface area contributed by atoms with Crippen molar-refractivity contribution in [3.05, 3.63) is 66.3 Å². The van der Waals surface area contributed by atoms with Crippen molar-refractivity contribution in [2.24, 2.45) is 0 Å². The Labute approximate surface area is 171 Å². The predicted octanol–water partition coefficient (Wildman–Crippen LogP) is 1.94. The van der Waals surface area contributed by atoms with Gasteiger partial charge >= 0.3 is 11.9 Å². The van der Waals surface area contributed by atoms with Gasteiger partial charge in [0.1, 0.15) is 5.69 Å². The first-order valence-corrected chi connectivity index (χ1v) is 9.39. The SMILES string of the molecule is CCn1c(=O)[nH]c(=O)c2c(C(=O)Nc3cc(C(F)(F)F)c[nH]c3=O)cc(C3CC3)nc21. The van der Waals surface area contributed by atoms with E-state index in [2.05, 4.69) is 15.3 Å². The molecule has 3 N–H and O–H groups in total. The van der Waals surface area contributed by atoms with E-state index >= 15 is 0 Å². The number of amides is 1. The summed E-state index contributed by atoms with van der Waals surface area (Å²) in [6.45, 7) is 1.83. The molecule has 12 heteroatoms. The normalized spacial score (nSPS) is 14.1. The maximum absolute atomic E-state index is 13.0. The Morgan fingerprint density at radius 1 is 1.23 bits per heavy atom. The monoisotopic (exact) mass is 435 g/mol. The Balaban J connectivity index is 1.88. The second-order valence-electron chi connectivity index (χ2n) is 7.15. The number of halogens is 3. The van der Waals surface area contributed by atoms with Crippen molar-refractivity contribution in [3.63, 3.8) is 0 Å². The molecule has 3 aromatic heterocycles. The minimum absolute atomic E-state index is 0.00347. The molecule has 0 atom stereocenters. The van der Waals surface area contributed by atoms with Gasteiger partial charge in [0.15, 0.2) is 5.65 Å². The number of alkyl halides is 3. The number of aromatic amines is 2. The number of H-pyrrole nitrogens is 2. The van der Waals surface area contributed by atoms with Crippen molar-refractivity contribution < 1.29 is 18.0 Å². The molecule has 0 radical (unpaired) electrons. The highest BCUT2D eigenvalue weighted by Crippen LogP contribution is 2.40. The molecule has 0 spiro atoms. The van der Waals surface area contributed by atoms with Crippen LogP contribution in [0.4, 0.5) is 18.9 Å². The third-order valence-corrected chi connectivity index (χ3v) is 5.00. The van der Waals surface area contributed by atoms with Crippen molar-refractivity contribution in [1.82, 2.24) is 19.5 Å². The van der Waals surface area contributed by atoms with Gasteiger partial charge in [-0.25, -0.2) is 9.78 Å². The van der Waals surface area contributed by atoms with Crippen LogP contribution in [0.15, 0.2) is 32.7 Å². The second kappa shape index (κ2) is 7.22. The first-order valence-electron chi connectivity index (χ1n) is 9.39. The Morgan fingerprint density at radius 3 is 2.55 bits per heavy atom. The summed E-state index contributed by atoms with van der Waals surface area (Å²) in [7, 11) is 0. The molecule has 1 saturated carbocycles. The van der Waals surface area contributed by atoms with E-state index in [-0.39, 0.29) is 29.1 Å². The summed E-state index contributed by atoms with van der Waals surface area (Å²) in [5.41, 5.74) is -3.97. The molecule has 0 aromatic carbocycles. The second-order valence-corrected chi connectivity index (χ2v) is 7.15. The quantitative estimate of drug-likeness (QED) is 0.577. The van der Waals surface area contributed by atoms with Gasteiger partial charge < -0.3 is 10.3 Å². The molecule has 3 heterocycles. The molecular formula is C19H16F3N5O4. The van der Waals surface area contributed by atoms with Gasteiger partial charge in [0.2, 0.25) is 0 Å². The fourth-order valence-corrected chi connectivity index (χ4v) is 3.28.